The Morgan fingerprint density at radius 1 is 1.43 bits per heavy atom. The van der Waals surface area contributed by atoms with E-state index in [9.17, 15) is 8.78 Å². The lowest BCUT2D eigenvalue weighted by atomic mass is 9.95. The summed E-state index contributed by atoms with van der Waals surface area (Å²) < 4.78 is 26.0. The summed E-state index contributed by atoms with van der Waals surface area (Å²) in [5, 5.41) is 0. The molecule has 0 aliphatic rings. The van der Waals surface area contributed by atoms with Crippen LogP contribution in [0, 0.1) is 5.92 Å². The predicted molar refractivity (Wildman–Crippen MR) is 57.3 cm³/mol. The Morgan fingerprint density at radius 2 is 2.00 bits per heavy atom. The Labute approximate surface area is 85.0 Å². The van der Waals surface area contributed by atoms with E-state index in [4.69, 9.17) is 0 Å². The van der Waals surface area contributed by atoms with Crippen LogP contribution in [-0.2, 0) is 0 Å². The zero-order chi connectivity index (χ0) is 11.1. The number of hydrogen-bond donors (Lipinski definition) is 0. The molecule has 80 valence electrons. The molecule has 0 rings (SSSR count). The van der Waals surface area contributed by atoms with Gasteiger partial charge in [0.1, 0.15) is 0 Å². The van der Waals surface area contributed by atoms with Crippen LogP contribution in [-0.4, -0.2) is 0 Å². The van der Waals surface area contributed by atoms with Gasteiger partial charge in [-0.1, -0.05) is 39.8 Å². The third-order valence-corrected chi connectivity index (χ3v) is 2.26. The maximum atomic E-state index is 13.2. The first-order valence-electron chi connectivity index (χ1n) is 4.91. The number of rotatable bonds is 6. The molecule has 0 aliphatic carbocycles. The molecule has 0 nitrogen and oxygen atoms in total. The molecule has 0 saturated carbocycles. The highest BCUT2D eigenvalue weighted by molar-refractivity contribution is 5.30. The summed E-state index contributed by atoms with van der Waals surface area (Å²) in [6, 6.07) is 0. The molecule has 0 aromatic rings. The maximum absolute atomic E-state index is 13.2. The van der Waals surface area contributed by atoms with Crippen molar-refractivity contribution in [3.8, 4) is 0 Å². The molecule has 0 fully saturated rings. The van der Waals surface area contributed by atoms with Crippen molar-refractivity contribution in [2.24, 2.45) is 5.92 Å². The van der Waals surface area contributed by atoms with E-state index in [2.05, 4.69) is 20.1 Å². The van der Waals surface area contributed by atoms with Crippen LogP contribution in [0.3, 0.4) is 0 Å². The molecule has 0 aromatic carbocycles. The van der Waals surface area contributed by atoms with E-state index in [1.807, 2.05) is 6.92 Å². The molecule has 0 saturated heterocycles. The Hall–Kier alpha value is -0.920. The highest BCUT2D eigenvalue weighted by atomic mass is 19.2. The van der Waals surface area contributed by atoms with Gasteiger partial charge in [-0.3, -0.25) is 0 Å². The van der Waals surface area contributed by atoms with Crippen molar-refractivity contribution in [2.75, 3.05) is 0 Å². The first kappa shape index (κ1) is 13.1. The van der Waals surface area contributed by atoms with Gasteiger partial charge in [-0.25, -0.2) is 8.78 Å². The van der Waals surface area contributed by atoms with Crippen LogP contribution in [0.5, 0.6) is 0 Å². The zero-order valence-corrected chi connectivity index (χ0v) is 8.95. The zero-order valence-electron chi connectivity index (χ0n) is 8.95. The lowest BCUT2D eigenvalue weighted by molar-refractivity contribution is 0.510. The van der Waals surface area contributed by atoms with E-state index in [1.54, 1.807) is 0 Å². The average molecular weight is 200 g/mol. The summed E-state index contributed by atoms with van der Waals surface area (Å²) in [4.78, 5) is 0. The van der Waals surface area contributed by atoms with E-state index in [0.29, 0.717) is 0 Å². The number of unbranched alkanes of at least 4 members (excludes halogenated alkanes) is 1. The van der Waals surface area contributed by atoms with Gasteiger partial charge in [0.05, 0.1) is 0 Å². The molecule has 0 radical (unpaired) electrons. The van der Waals surface area contributed by atoms with Gasteiger partial charge >= 0.3 is 0 Å². The van der Waals surface area contributed by atoms with E-state index >= 15 is 0 Å². The normalized spacial score (nSPS) is 14.6. The quantitative estimate of drug-likeness (QED) is 0.545. The first-order valence-corrected chi connectivity index (χ1v) is 4.91. The maximum Gasteiger partial charge on any atom is 0.161 e. The van der Waals surface area contributed by atoms with Crippen LogP contribution < -0.4 is 0 Å². The molecule has 0 N–H and O–H groups in total. The molecule has 0 spiro atoms. The Morgan fingerprint density at radius 3 is 2.43 bits per heavy atom. The van der Waals surface area contributed by atoms with Crippen molar-refractivity contribution >= 4 is 0 Å². The summed E-state index contributed by atoms with van der Waals surface area (Å²) >= 11 is 0. The third kappa shape index (κ3) is 3.86. The van der Waals surface area contributed by atoms with Gasteiger partial charge in [-0.15, -0.1) is 0 Å². The monoisotopic (exact) mass is 200 g/mol. The minimum atomic E-state index is -0.918. The van der Waals surface area contributed by atoms with Crippen molar-refractivity contribution in [3.05, 3.63) is 36.5 Å². The van der Waals surface area contributed by atoms with Gasteiger partial charge in [0.15, 0.2) is 11.7 Å². The Bertz CT molecular complexity index is 239. The molecule has 1 unspecified atom stereocenters. The lowest BCUT2D eigenvalue weighted by Gasteiger charge is -2.12. The molecule has 1 atom stereocenters. The second-order valence-electron chi connectivity index (χ2n) is 3.43. The predicted octanol–water partition coefficient (Wildman–Crippen LogP) is 4.71. The highest BCUT2D eigenvalue weighted by Crippen LogP contribution is 2.26. The van der Waals surface area contributed by atoms with Crippen molar-refractivity contribution in [1.29, 1.82) is 0 Å². The number of halogens is 2. The fourth-order valence-corrected chi connectivity index (χ4v) is 1.14. The number of allylic oxidation sites excluding steroid dienone is 4. The molecule has 0 aromatic heterocycles. The fourth-order valence-electron chi connectivity index (χ4n) is 1.14. The molecule has 0 bridgehead atoms. The van der Waals surface area contributed by atoms with Crippen LogP contribution >= 0.6 is 0 Å². The summed E-state index contributed by atoms with van der Waals surface area (Å²) in [5.41, 5.74) is 0.232. The minimum absolute atomic E-state index is 0.0133. The molecular formula is C12H18F2. The van der Waals surface area contributed by atoms with Crippen LogP contribution in [0.4, 0.5) is 8.78 Å². The van der Waals surface area contributed by atoms with Gasteiger partial charge in [-0.05, 0) is 24.0 Å². The van der Waals surface area contributed by atoms with Crippen LogP contribution in [0.2, 0.25) is 0 Å². The molecule has 2 heteroatoms. The first-order chi connectivity index (χ1) is 6.54. The number of hydrogen-bond acceptors (Lipinski definition) is 0. The third-order valence-electron chi connectivity index (χ3n) is 2.26. The fraction of sp³-hybridized carbons (Fsp3) is 0.500. The van der Waals surface area contributed by atoms with Gasteiger partial charge in [0.25, 0.3) is 0 Å². The van der Waals surface area contributed by atoms with Crippen molar-refractivity contribution in [2.45, 2.75) is 33.1 Å². The van der Waals surface area contributed by atoms with E-state index in [1.165, 1.54) is 0 Å². The topological polar surface area (TPSA) is 0 Å². The van der Waals surface area contributed by atoms with E-state index in [-0.39, 0.29) is 11.5 Å². The Kier molecular flexibility index (Phi) is 6.09. The van der Waals surface area contributed by atoms with Crippen molar-refractivity contribution < 1.29 is 8.78 Å². The Balaban J connectivity index is 4.39. The second-order valence-corrected chi connectivity index (χ2v) is 3.43. The smallest absolute Gasteiger partial charge is 0.161 e. The molecule has 0 aliphatic heterocycles. The van der Waals surface area contributed by atoms with Crippen LogP contribution in [0.15, 0.2) is 36.5 Å². The summed E-state index contributed by atoms with van der Waals surface area (Å²) in [6.45, 7) is 10.6. The van der Waals surface area contributed by atoms with Gasteiger partial charge in [-0.2, -0.15) is 0 Å². The average Bonchev–Trinajstić information content (AvgIpc) is 2.22. The summed E-state index contributed by atoms with van der Waals surface area (Å²) in [5.74, 6) is -1.79. The van der Waals surface area contributed by atoms with Crippen molar-refractivity contribution in [3.63, 3.8) is 0 Å². The summed E-state index contributed by atoms with van der Waals surface area (Å²) in [7, 11) is 0. The molecule has 0 amide bonds. The standard InChI is InChI=1S/C12H18F2/c1-5-7-8-9(3)10(4)12(14)11(13)6-2/h6,9H,2,4-5,7-8H2,1,3H3/b12-11-. The minimum Gasteiger partial charge on any atom is -0.204 e. The largest absolute Gasteiger partial charge is 0.204 e. The van der Waals surface area contributed by atoms with Gasteiger partial charge in [0, 0.05) is 0 Å². The highest BCUT2D eigenvalue weighted by Gasteiger charge is 2.13. The van der Waals surface area contributed by atoms with Gasteiger partial charge in [0.2, 0.25) is 0 Å². The molecule has 14 heavy (non-hydrogen) atoms. The SMILES string of the molecule is C=C/C(F)=C(/F)C(=C)C(C)CCCC. The van der Waals surface area contributed by atoms with Crippen LogP contribution in [0.1, 0.15) is 33.1 Å². The van der Waals surface area contributed by atoms with E-state index < -0.39 is 11.7 Å². The lowest BCUT2D eigenvalue weighted by Crippen LogP contribution is -1.99. The van der Waals surface area contributed by atoms with Crippen molar-refractivity contribution in [1.82, 2.24) is 0 Å². The van der Waals surface area contributed by atoms with Crippen LogP contribution in [0.25, 0.3) is 0 Å². The molecule has 0 heterocycles. The second kappa shape index (κ2) is 6.52. The molecular weight excluding hydrogens is 182 g/mol. The van der Waals surface area contributed by atoms with E-state index in [0.717, 1.165) is 25.3 Å². The summed E-state index contributed by atoms with van der Waals surface area (Å²) in [6.07, 6.45) is 3.76. The van der Waals surface area contributed by atoms with Gasteiger partial charge < -0.3 is 0 Å².